The number of hydrogen-bond donors (Lipinski definition) is 0. The summed E-state index contributed by atoms with van der Waals surface area (Å²) in [6, 6.07) is 5.54. The molecule has 0 radical (unpaired) electrons. The van der Waals surface area contributed by atoms with Gasteiger partial charge >= 0.3 is 0 Å². The van der Waals surface area contributed by atoms with Crippen LogP contribution < -0.4 is 10.5 Å². The van der Waals surface area contributed by atoms with Crippen molar-refractivity contribution < 1.29 is 4.79 Å². The van der Waals surface area contributed by atoms with Gasteiger partial charge in [0.15, 0.2) is 0 Å². The van der Waals surface area contributed by atoms with E-state index in [-0.39, 0.29) is 17.5 Å². The molecule has 2 aromatic heterocycles. The van der Waals surface area contributed by atoms with E-state index in [1.54, 1.807) is 17.2 Å². The molecule has 2 fully saturated rings. The minimum Gasteiger partial charge on any atom is -0.353 e. The van der Waals surface area contributed by atoms with Crippen LogP contribution >= 0.6 is 24.0 Å². The maximum Gasteiger partial charge on any atom is 0.267 e. The Balaban J connectivity index is 1.80. The van der Waals surface area contributed by atoms with Gasteiger partial charge in [0.25, 0.3) is 11.5 Å². The van der Waals surface area contributed by atoms with Crippen LogP contribution in [0.5, 0.6) is 0 Å². The van der Waals surface area contributed by atoms with Crippen LogP contribution in [0.1, 0.15) is 32.8 Å². The summed E-state index contributed by atoms with van der Waals surface area (Å²) in [5.41, 5.74) is 0.871. The Morgan fingerprint density at radius 1 is 1.19 bits per heavy atom. The molecule has 4 rings (SSSR count). The lowest BCUT2D eigenvalue weighted by Gasteiger charge is -2.35. The van der Waals surface area contributed by atoms with Crippen LogP contribution in [-0.2, 0) is 4.79 Å². The molecule has 2 aromatic rings. The maximum absolute atomic E-state index is 13.4. The third kappa shape index (κ3) is 4.14. The number of thioether (sulfide) groups is 1. The topological polar surface area (TPSA) is 61.2 Å². The lowest BCUT2D eigenvalue weighted by atomic mass is 10.2. The minimum atomic E-state index is -0.174. The number of aromatic nitrogens is 2. The van der Waals surface area contributed by atoms with Gasteiger partial charge in [0.05, 0.1) is 10.5 Å². The van der Waals surface area contributed by atoms with Crippen LogP contribution in [0.15, 0.2) is 34.1 Å². The molecule has 2 aliphatic rings. The second-order valence-corrected chi connectivity index (χ2v) is 9.49. The van der Waals surface area contributed by atoms with Crippen LogP contribution in [0.2, 0.25) is 0 Å². The summed E-state index contributed by atoms with van der Waals surface area (Å²) in [6.45, 7) is 10.6. The molecule has 0 aliphatic carbocycles. The zero-order valence-electron chi connectivity index (χ0n) is 18.1. The van der Waals surface area contributed by atoms with Crippen LogP contribution in [0, 0.1) is 0 Å². The highest BCUT2D eigenvalue weighted by molar-refractivity contribution is 8.26. The quantitative estimate of drug-likeness (QED) is 0.505. The SMILES string of the molecule is CCC(C)N1C(=O)C(=Cc2c(N3CCN(CC)CC3)nc3ccccn3c2=O)SC1=S. The highest BCUT2D eigenvalue weighted by Crippen LogP contribution is 2.35. The molecule has 7 nitrogen and oxygen atoms in total. The van der Waals surface area contributed by atoms with Gasteiger partial charge in [0, 0.05) is 38.4 Å². The summed E-state index contributed by atoms with van der Waals surface area (Å²) in [6.07, 6.45) is 4.22. The standard InChI is InChI=1S/C22H27N5O2S2/c1-4-15(3)27-21(29)17(31-22(27)30)14-16-19(25-12-10-24(5-2)11-13-25)23-18-8-6-7-9-26(18)20(16)28/h6-9,14-15H,4-5,10-13H2,1-3H3. The number of nitrogens with zero attached hydrogens (tertiary/aromatic N) is 5. The van der Waals surface area contributed by atoms with E-state index < -0.39 is 0 Å². The van der Waals surface area contributed by atoms with Gasteiger partial charge in [-0.25, -0.2) is 4.98 Å². The molecule has 0 aromatic carbocycles. The van der Waals surface area contributed by atoms with Crippen LogP contribution in [0.4, 0.5) is 5.82 Å². The molecule has 0 bridgehead atoms. The molecule has 2 aliphatic heterocycles. The first kappa shape index (κ1) is 22.0. The third-order valence-corrected chi connectivity index (χ3v) is 7.33. The van der Waals surface area contributed by atoms with Crippen molar-refractivity contribution in [1.82, 2.24) is 19.2 Å². The Hall–Kier alpha value is -2.23. The van der Waals surface area contributed by atoms with Gasteiger partial charge in [-0.3, -0.25) is 18.9 Å². The van der Waals surface area contributed by atoms with Gasteiger partial charge in [-0.05, 0) is 38.1 Å². The first-order chi connectivity index (χ1) is 14.9. The molecule has 164 valence electrons. The number of anilines is 1. The van der Waals surface area contributed by atoms with Crippen molar-refractivity contribution in [3.8, 4) is 0 Å². The monoisotopic (exact) mass is 457 g/mol. The molecule has 4 heterocycles. The average Bonchev–Trinajstić information content (AvgIpc) is 3.08. The van der Waals surface area contributed by atoms with Crippen molar-refractivity contribution in [2.24, 2.45) is 0 Å². The van der Waals surface area contributed by atoms with Crippen molar-refractivity contribution in [2.75, 3.05) is 37.6 Å². The van der Waals surface area contributed by atoms with E-state index in [4.69, 9.17) is 17.2 Å². The molecule has 1 amide bonds. The number of fused-ring (bicyclic) bond motifs is 1. The fourth-order valence-electron chi connectivity index (χ4n) is 3.91. The van der Waals surface area contributed by atoms with Crippen molar-refractivity contribution in [3.05, 3.63) is 45.2 Å². The number of rotatable bonds is 5. The number of amides is 1. The molecule has 1 atom stereocenters. The second kappa shape index (κ2) is 9.10. The Labute approximate surface area is 191 Å². The zero-order valence-corrected chi connectivity index (χ0v) is 19.7. The number of thiocarbonyl (C=S) groups is 1. The zero-order chi connectivity index (χ0) is 22.1. The smallest absolute Gasteiger partial charge is 0.267 e. The number of likely N-dealkylation sites (N-methyl/N-ethyl adjacent to an activating group) is 1. The fraction of sp³-hybridized carbons (Fsp3) is 0.455. The first-order valence-corrected chi connectivity index (χ1v) is 11.9. The molecule has 31 heavy (non-hydrogen) atoms. The third-order valence-electron chi connectivity index (χ3n) is 6.00. The van der Waals surface area contributed by atoms with Gasteiger partial charge in [-0.1, -0.05) is 43.9 Å². The largest absolute Gasteiger partial charge is 0.353 e. The van der Waals surface area contributed by atoms with Crippen molar-refractivity contribution >= 4 is 51.7 Å². The molecule has 2 saturated heterocycles. The van der Waals surface area contributed by atoms with E-state index in [9.17, 15) is 9.59 Å². The van der Waals surface area contributed by atoms with Crippen LogP contribution in [-0.4, -0.2) is 68.2 Å². The first-order valence-electron chi connectivity index (χ1n) is 10.7. The summed E-state index contributed by atoms with van der Waals surface area (Å²) in [4.78, 5) is 38.0. The predicted molar refractivity (Wildman–Crippen MR) is 131 cm³/mol. The number of carbonyl (C=O) groups is 1. The molecule has 0 spiro atoms. The Morgan fingerprint density at radius 3 is 2.61 bits per heavy atom. The predicted octanol–water partition coefficient (Wildman–Crippen LogP) is 2.84. The molecular formula is C22H27N5O2S2. The summed E-state index contributed by atoms with van der Waals surface area (Å²) < 4.78 is 2.07. The molecule has 0 N–H and O–H groups in total. The normalized spacial score (nSPS) is 20.3. The number of piperazine rings is 1. The summed E-state index contributed by atoms with van der Waals surface area (Å²) >= 11 is 6.72. The average molecular weight is 458 g/mol. The fourth-order valence-corrected chi connectivity index (χ4v) is 5.35. The lowest BCUT2D eigenvalue weighted by Crippen LogP contribution is -2.47. The van der Waals surface area contributed by atoms with Crippen LogP contribution in [0.25, 0.3) is 11.7 Å². The van der Waals surface area contributed by atoms with E-state index in [0.29, 0.717) is 26.3 Å². The van der Waals surface area contributed by atoms with Crippen molar-refractivity contribution in [1.29, 1.82) is 0 Å². The number of hydrogen-bond acceptors (Lipinski definition) is 7. The van der Waals surface area contributed by atoms with E-state index in [1.807, 2.05) is 32.0 Å². The number of carbonyl (C=O) groups excluding carboxylic acids is 1. The Kier molecular flexibility index (Phi) is 6.45. The molecule has 9 heteroatoms. The van der Waals surface area contributed by atoms with Crippen LogP contribution in [0.3, 0.4) is 0 Å². The number of pyridine rings is 1. The Bertz CT molecular complexity index is 1100. The summed E-state index contributed by atoms with van der Waals surface area (Å²) in [5, 5.41) is 0. The van der Waals surface area contributed by atoms with E-state index >= 15 is 0 Å². The minimum absolute atomic E-state index is 0.0239. The summed E-state index contributed by atoms with van der Waals surface area (Å²) in [7, 11) is 0. The van der Waals surface area contributed by atoms with Gasteiger partial charge in [-0.2, -0.15) is 0 Å². The molecule has 0 saturated carbocycles. The maximum atomic E-state index is 13.4. The van der Waals surface area contributed by atoms with Gasteiger partial charge < -0.3 is 9.80 Å². The highest BCUT2D eigenvalue weighted by Gasteiger charge is 2.35. The molecular weight excluding hydrogens is 430 g/mol. The van der Waals surface area contributed by atoms with E-state index in [2.05, 4.69) is 16.7 Å². The molecule has 1 unspecified atom stereocenters. The summed E-state index contributed by atoms with van der Waals surface area (Å²) in [5.74, 6) is 0.504. The van der Waals surface area contributed by atoms with Crippen molar-refractivity contribution in [2.45, 2.75) is 33.2 Å². The van der Waals surface area contributed by atoms with Gasteiger partial charge in [0.2, 0.25) is 0 Å². The van der Waals surface area contributed by atoms with Gasteiger partial charge in [-0.15, -0.1) is 0 Å². The lowest BCUT2D eigenvalue weighted by molar-refractivity contribution is -0.123. The van der Waals surface area contributed by atoms with Gasteiger partial charge in [0.1, 0.15) is 15.8 Å². The highest BCUT2D eigenvalue weighted by atomic mass is 32.2. The van der Waals surface area contributed by atoms with E-state index in [1.165, 1.54) is 16.2 Å². The van der Waals surface area contributed by atoms with Crippen molar-refractivity contribution in [3.63, 3.8) is 0 Å². The second-order valence-electron chi connectivity index (χ2n) is 7.81. The van der Waals surface area contributed by atoms with E-state index in [0.717, 1.165) is 39.1 Å². The Morgan fingerprint density at radius 2 is 1.94 bits per heavy atom.